The summed E-state index contributed by atoms with van der Waals surface area (Å²) >= 11 is 0. The standard InChI is InChI=1S/C15H14O4/c1-3-7-15(17)19-13-9-6-5-8-12(13)10-11-14(16)18-4-2/h5-6,8-11H,4H2,1-2H3. The zero-order valence-corrected chi connectivity index (χ0v) is 10.8. The van der Waals surface area contributed by atoms with Crippen molar-refractivity contribution in [1.29, 1.82) is 0 Å². The minimum atomic E-state index is -0.639. The van der Waals surface area contributed by atoms with Crippen LogP contribution in [0.1, 0.15) is 19.4 Å². The summed E-state index contributed by atoms with van der Waals surface area (Å²) < 4.78 is 9.83. The minimum Gasteiger partial charge on any atom is -0.463 e. The highest BCUT2D eigenvalue weighted by Gasteiger charge is 2.05. The third-order valence-electron chi connectivity index (χ3n) is 2.03. The molecule has 19 heavy (non-hydrogen) atoms. The van der Waals surface area contributed by atoms with Gasteiger partial charge in [0.25, 0.3) is 0 Å². The molecule has 0 unspecified atom stereocenters. The molecule has 0 aromatic heterocycles. The Morgan fingerprint density at radius 1 is 1.32 bits per heavy atom. The molecule has 1 rings (SSSR count). The van der Waals surface area contributed by atoms with Crippen molar-refractivity contribution in [2.75, 3.05) is 6.61 Å². The fourth-order valence-electron chi connectivity index (χ4n) is 1.29. The van der Waals surface area contributed by atoms with Gasteiger partial charge in [0.1, 0.15) is 5.75 Å². The van der Waals surface area contributed by atoms with Crippen molar-refractivity contribution in [3.05, 3.63) is 35.9 Å². The minimum absolute atomic E-state index is 0.311. The Hall–Kier alpha value is -2.54. The predicted molar refractivity (Wildman–Crippen MR) is 71.2 cm³/mol. The zero-order chi connectivity index (χ0) is 14.1. The molecular weight excluding hydrogens is 244 g/mol. The zero-order valence-electron chi connectivity index (χ0n) is 10.8. The Labute approximate surface area is 112 Å². The molecule has 4 heteroatoms. The van der Waals surface area contributed by atoms with Crippen molar-refractivity contribution in [2.45, 2.75) is 13.8 Å². The van der Waals surface area contributed by atoms with Crippen molar-refractivity contribution < 1.29 is 19.1 Å². The van der Waals surface area contributed by atoms with Gasteiger partial charge in [-0.3, -0.25) is 0 Å². The number of hydrogen-bond acceptors (Lipinski definition) is 4. The summed E-state index contributed by atoms with van der Waals surface area (Å²) in [5.41, 5.74) is 0.599. The fourth-order valence-corrected chi connectivity index (χ4v) is 1.29. The number of benzene rings is 1. The molecule has 0 saturated heterocycles. The number of carbonyl (C=O) groups is 2. The van der Waals surface area contributed by atoms with E-state index in [0.717, 1.165) is 0 Å². The summed E-state index contributed by atoms with van der Waals surface area (Å²) in [7, 11) is 0. The van der Waals surface area contributed by atoms with Crippen LogP contribution in [0.25, 0.3) is 6.08 Å². The predicted octanol–water partition coefficient (Wildman–Crippen LogP) is 2.19. The lowest BCUT2D eigenvalue weighted by atomic mass is 10.2. The second-order valence-electron chi connectivity index (χ2n) is 3.39. The van der Waals surface area contributed by atoms with Crippen LogP contribution in [0, 0.1) is 11.8 Å². The van der Waals surface area contributed by atoms with Gasteiger partial charge >= 0.3 is 11.9 Å². The lowest BCUT2D eigenvalue weighted by Gasteiger charge is -2.04. The average Bonchev–Trinajstić information content (AvgIpc) is 2.38. The Balaban J connectivity index is 2.86. The van der Waals surface area contributed by atoms with Gasteiger partial charge in [-0.25, -0.2) is 9.59 Å². The maximum atomic E-state index is 11.3. The number of hydrogen-bond donors (Lipinski definition) is 0. The summed E-state index contributed by atoms with van der Waals surface area (Å²) in [5, 5.41) is 0. The summed E-state index contributed by atoms with van der Waals surface area (Å²) in [6.07, 6.45) is 2.81. The van der Waals surface area contributed by atoms with Crippen LogP contribution in [0.2, 0.25) is 0 Å². The van der Waals surface area contributed by atoms with Gasteiger partial charge in [0.15, 0.2) is 0 Å². The molecule has 0 radical (unpaired) electrons. The smallest absolute Gasteiger partial charge is 0.389 e. The highest BCUT2D eigenvalue weighted by atomic mass is 16.5. The molecule has 4 nitrogen and oxygen atoms in total. The third-order valence-corrected chi connectivity index (χ3v) is 2.03. The Morgan fingerprint density at radius 3 is 2.74 bits per heavy atom. The van der Waals surface area contributed by atoms with Crippen LogP contribution in [-0.4, -0.2) is 18.5 Å². The Morgan fingerprint density at radius 2 is 2.05 bits per heavy atom. The van der Waals surface area contributed by atoms with Crippen LogP contribution in [0.4, 0.5) is 0 Å². The number of ether oxygens (including phenoxy) is 2. The van der Waals surface area contributed by atoms with Crippen molar-refractivity contribution in [2.24, 2.45) is 0 Å². The maximum absolute atomic E-state index is 11.3. The van der Waals surface area contributed by atoms with E-state index in [-0.39, 0.29) is 0 Å². The number of rotatable bonds is 4. The molecule has 0 bridgehead atoms. The van der Waals surface area contributed by atoms with E-state index in [9.17, 15) is 9.59 Å². The molecule has 0 heterocycles. The summed E-state index contributed by atoms with van der Waals surface area (Å²) in [6, 6.07) is 6.84. The molecule has 1 aromatic carbocycles. The van der Waals surface area contributed by atoms with E-state index < -0.39 is 11.9 Å². The van der Waals surface area contributed by atoms with Gasteiger partial charge in [-0.2, -0.15) is 0 Å². The molecule has 1 aromatic rings. The van der Waals surface area contributed by atoms with Crippen LogP contribution in [-0.2, 0) is 14.3 Å². The van der Waals surface area contributed by atoms with Crippen molar-refractivity contribution in [3.8, 4) is 17.6 Å². The molecule has 0 saturated carbocycles. The molecule has 0 fully saturated rings. The molecule has 0 aliphatic heterocycles. The van der Waals surface area contributed by atoms with Gasteiger partial charge in [0.05, 0.1) is 6.61 Å². The van der Waals surface area contributed by atoms with Gasteiger partial charge < -0.3 is 9.47 Å². The van der Waals surface area contributed by atoms with E-state index in [0.29, 0.717) is 17.9 Å². The highest BCUT2D eigenvalue weighted by molar-refractivity contribution is 5.91. The van der Waals surface area contributed by atoms with E-state index in [1.165, 1.54) is 12.2 Å². The van der Waals surface area contributed by atoms with Crippen LogP contribution in [0.5, 0.6) is 5.75 Å². The van der Waals surface area contributed by atoms with Crippen molar-refractivity contribution in [1.82, 2.24) is 0 Å². The Kier molecular flexibility index (Phi) is 5.90. The summed E-state index contributed by atoms with van der Waals surface area (Å²) in [4.78, 5) is 22.5. The first kappa shape index (κ1) is 14.5. The van der Waals surface area contributed by atoms with E-state index >= 15 is 0 Å². The molecule has 0 spiro atoms. The summed E-state index contributed by atoms with van der Waals surface area (Å²) in [5.74, 6) is 3.99. The quantitative estimate of drug-likeness (QED) is 0.273. The number of esters is 2. The van der Waals surface area contributed by atoms with Crippen LogP contribution in [0.15, 0.2) is 30.3 Å². The second-order valence-corrected chi connectivity index (χ2v) is 3.39. The lowest BCUT2D eigenvalue weighted by Crippen LogP contribution is -2.05. The second kappa shape index (κ2) is 7.72. The molecule has 0 amide bonds. The van der Waals surface area contributed by atoms with E-state index in [2.05, 4.69) is 11.8 Å². The van der Waals surface area contributed by atoms with Crippen LogP contribution >= 0.6 is 0 Å². The lowest BCUT2D eigenvalue weighted by molar-refractivity contribution is -0.137. The first-order chi connectivity index (χ1) is 9.17. The van der Waals surface area contributed by atoms with Gasteiger partial charge in [-0.1, -0.05) is 24.1 Å². The van der Waals surface area contributed by atoms with Gasteiger partial charge in [0, 0.05) is 17.6 Å². The SMILES string of the molecule is CC#CC(=O)Oc1ccccc1C=CC(=O)OCC. The monoisotopic (exact) mass is 258 g/mol. The Bertz CT molecular complexity index is 547. The molecule has 98 valence electrons. The van der Waals surface area contributed by atoms with E-state index in [1.54, 1.807) is 38.1 Å². The van der Waals surface area contributed by atoms with Crippen molar-refractivity contribution in [3.63, 3.8) is 0 Å². The van der Waals surface area contributed by atoms with E-state index in [1.807, 2.05) is 0 Å². The van der Waals surface area contributed by atoms with E-state index in [4.69, 9.17) is 9.47 Å². The number of para-hydroxylation sites is 1. The van der Waals surface area contributed by atoms with Crippen molar-refractivity contribution >= 4 is 18.0 Å². The fraction of sp³-hybridized carbons (Fsp3) is 0.200. The number of carbonyl (C=O) groups excluding carboxylic acids is 2. The third kappa shape index (κ3) is 5.09. The maximum Gasteiger partial charge on any atom is 0.389 e. The molecule has 0 N–H and O–H groups in total. The van der Waals surface area contributed by atoms with Crippen LogP contribution in [0.3, 0.4) is 0 Å². The molecule has 0 atom stereocenters. The highest BCUT2D eigenvalue weighted by Crippen LogP contribution is 2.19. The van der Waals surface area contributed by atoms with Crippen LogP contribution < -0.4 is 4.74 Å². The average molecular weight is 258 g/mol. The van der Waals surface area contributed by atoms with Gasteiger partial charge in [0.2, 0.25) is 0 Å². The first-order valence-electron chi connectivity index (χ1n) is 5.75. The molecular formula is C15H14O4. The largest absolute Gasteiger partial charge is 0.463 e. The first-order valence-corrected chi connectivity index (χ1v) is 5.75. The molecule has 0 aliphatic carbocycles. The normalized spacial score (nSPS) is 9.58. The van der Waals surface area contributed by atoms with Gasteiger partial charge in [-0.15, -0.1) is 0 Å². The molecule has 0 aliphatic rings. The summed E-state index contributed by atoms with van der Waals surface area (Å²) in [6.45, 7) is 3.59. The van der Waals surface area contributed by atoms with Gasteiger partial charge in [-0.05, 0) is 26.0 Å². The topological polar surface area (TPSA) is 52.6 Å².